The molecule has 8 nitrogen and oxygen atoms in total. The first kappa shape index (κ1) is 22.6. The maximum atomic E-state index is 13.5. The van der Waals surface area contributed by atoms with Crippen LogP contribution in [0.4, 0.5) is 4.79 Å². The molecule has 34 heavy (non-hydrogen) atoms. The van der Waals surface area contributed by atoms with Crippen LogP contribution in [0.1, 0.15) is 50.5 Å². The molecule has 2 N–H and O–H groups in total. The zero-order valence-electron chi connectivity index (χ0n) is 19.0. The Labute approximate surface area is 198 Å². The number of hydrogen-bond donors (Lipinski definition) is 2. The van der Waals surface area contributed by atoms with E-state index in [4.69, 9.17) is 4.74 Å². The van der Waals surface area contributed by atoms with Gasteiger partial charge >= 0.3 is 6.09 Å². The van der Waals surface area contributed by atoms with E-state index in [0.717, 1.165) is 24.8 Å². The van der Waals surface area contributed by atoms with E-state index in [-0.39, 0.29) is 48.4 Å². The highest BCUT2D eigenvalue weighted by atomic mass is 16.5. The van der Waals surface area contributed by atoms with Gasteiger partial charge in [-0.2, -0.15) is 5.26 Å². The smallest absolute Gasteiger partial charge is 0.408 e. The molecule has 1 aromatic rings. The standard InChI is InChI=1S/C26H29N3O5/c27-14-26(11-17-8-9-18(26)22-21(17)23(31)29-24(22)32)12-20(30)19(10-15-6-7-15)28-25(33)34-13-16-4-2-1-3-5-16/h1-5,15,17-19,21-22H,6-13H2,(H,28,33)(H,29,31,32)/t17-,18-,19+,21+,22-,26?/m1/s1. The van der Waals surface area contributed by atoms with E-state index in [2.05, 4.69) is 16.7 Å². The molecule has 1 saturated heterocycles. The van der Waals surface area contributed by atoms with Gasteiger partial charge in [-0.15, -0.1) is 0 Å². The Kier molecular flexibility index (Phi) is 5.88. The second kappa shape index (κ2) is 8.86. The summed E-state index contributed by atoms with van der Waals surface area (Å²) in [7, 11) is 0. The molecule has 4 aliphatic carbocycles. The lowest BCUT2D eigenvalue weighted by Crippen LogP contribution is -2.54. The Morgan fingerprint density at radius 3 is 2.56 bits per heavy atom. The van der Waals surface area contributed by atoms with Crippen LogP contribution in [0.25, 0.3) is 0 Å². The van der Waals surface area contributed by atoms with Gasteiger partial charge in [0, 0.05) is 6.42 Å². The van der Waals surface area contributed by atoms with Crippen molar-refractivity contribution in [2.75, 3.05) is 0 Å². The van der Waals surface area contributed by atoms with Crippen molar-refractivity contribution in [3.8, 4) is 6.07 Å². The second-order valence-corrected chi connectivity index (χ2v) is 10.4. The Hall–Kier alpha value is -3.21. The molecule has 4 saturated carbocycles. The van der Waals surface area contributed by atoms with E-state index in [1.807, 2.05) is 30.3 Å². The number of carbonyl (C=O) groups excluding carboxylic acids is 4. The van der Waals surface area contributed by atoms with E-state index in [0.29, 0.717) is 25.2 Å². The summed E-state index contributed by atoms with van der Waals surface area (Å²) < 4.78 is 5.33. The van der Waals surface area contributed by atoms with Crippen molar-refractivity contribution in [3.05, 3.63) is 35.9 Å². The molecule has 1 aromatic carbocycles. The van der Waals surface area contributed by atoms with Crippen molar-refractivity contribution in [1.29, 1.82) is 5.26 Å². The van der Waals surface area contributed by atoms with Crippen molar-refractivity contribution in [3.63, 3.8) is 0 Å². The highest BCUT2D eigenvalue weighted by Gasteiger charge is 2.63. The number of nitrogens with zero attached hydrogens (tertiary/aromatic N) is 1. The number of nitriles is 1. The topological polar surface area (TPSA) is 125 Å². The van der Waals surface area contributed by atoms with E-state index in [9.17, 15) is 24.4 Å². The molecule has 3 amide bonds. The Balaban J connectivity index is 1.28. The van der Waals surface area contributed by atoms with Gasteiger partial charge in [-0.25, -0.2) is 4.79 Å². The van der Waals surface area contributed by atoms with Gasteiger partial charge in [-0.3, -0.25) is 19.7 Å². The van der Waals surface area contributed by atoms with E-state index >= 15 is 0 Å². The number of alkyl carbamates (subject to hydrolysis) is 1. The van der Waals surface area contributed by atoms with Crippen molar-refractivity contribution < 1.29 is 23.9 Å². The van der Waals surface area contributed by atoms with Crippen LogP contribution in [0.3, 0.4) is 0 Å². The zero-order chi connectivity index (χ0) is 23.9. The number of Topliss-reactive ketones (excluding diaryl/α,β-unsaturated/α-hetero) is 1. The molecule has 8 heteroatoms. The third-order valence-corrected chi connectivity index (χ3v) is 8.24. The minimum Gasteiger partial charge on any atom is -0.445 e. The summed E-state index contributed by atoms with van der Waals surface area (Å²) >= 11 is 0. The number of nitrogens with one attached hydrogen (secondary N) is 2. The quantitative estimate of drug-likeness (QED) is 0.571. The lowest BCUT2D eigenvalue weighted by atomic mass is 9.48. The van der Waals surface area contributed by atoms with E-state index in [1.54, 1.807) is 0 Å². The highest BCUT2D eigenvalue weighted by Crippen LogP contribution is 2.60. The van der Waals surface area contributed by atoms with Crippen LogP contribution in [-0.2, 0) is 25.7 Å². The molecule has 0 spiro atoms. The fourth-order valence-corrected chi connectivity index (χ4v) is 6.45. The van der Waals surface area contributed by atoms with Gasteiger partial charge in [0.15, 0.2) is 5.78 Å². The summed E-state index contributed by atoms with van der Waals surface area (Å²) in [5.74, 6) is -1.67. The summed E-state index contributed by atoms with van der Waals surface area (Å²) in [6.07, 6.45) is 3.78. The molecule has 1 heterocycles. The number of ketones is 1. The Morgan fingerprint density at radius 2 is 1.85 bits per heavy atom. The average Bonchev–Trinajstić information content (AvgIpc) is 3.61. The van der Waals surface area contributed by atoms with Crippen LogP contribution in [0, 0.1) is 46.3 Å². The first-order valence-electron chi connectivity index (χ1n) is 12.2. The molecule has 0 radical (unpaired) electrons. The molecule has 5 aliphatic rings. The van der Waals surface area contributed by atoms with Gasteiger partial charge in [0.25, 0.3) is 0 Å². The van der Waals surface area contributed by atoms with E-state index < -0.39 is 23.5 Å². The average molecular weight is 464 g/mol. The van der Waals surface area contributed by atoms with E-state index in [1.165, 1.54) is 0 Å². The monoisotopic (exact) mass is 463 g/mol. The number of imide groups is 1. The second-order valence-electron chi connectivity index (χ2n) is 10.4. The van der Waals surface area contributed by atoms with Crippen LogP contribution in [-0.4, -0.2) is 29.7 Å². The van der Waals surface area contributed by atoms with Crippen LogP contribution in [0.5, 0.6) is 0 Å². The van der Waals surface area contributed by atoms with Gasteiger partial charge in [0.05, 0.1) is 29.4 Å². The highest BCUT2D eigenvalue weighted by molar-refractivity contribution is 6.05. The van der Waals surface area contributed by atoms with Gasteiger partial charge < -0.3 is 10.1 Å². The number of amides is 3. The first-order chi connectivity index (χ1) is 16.4. The molecule has 1 aliphatic heterocycles. The number of carbonyl (C=O) groups is 4. The predicted octanol–water partition coefficient (Wildman–Crippen LogP) is 2.87. The maximum absolute atomic E-state index is 13.5. The Morgan fingerprint density at radius 1 is 1.12 bits per heavy atom. The fourth-order valence-electron chi connectivity index (χ4n) is 6.45. The third-order valence-electron chi connectivity index (χ3n) is 8.24. The minimum atomic E-state index is -0.986. The number of fused-ring (bicyclic) bond motifs is 2. The van der Waals surface area contributed by atoms with Gasteiger partial charge in [0.1, 0.15) is 6.61 Å². The number of benzene rings is 1. The summed E-state index contributed by atoms with van der Waals surface area (Å²) in [5.41, 5.74) is -0.135. The summed E-state index contributed by atoms with van der Waals surface area (Å²) in [4.78, 5) is 50.8. The first-order valence-corrected chi connectivity index (χ1v) is 12.2. The van der Waals surface area contributed by atoms with Crippen molar-refractivity contribution in [2.45, 2.75) is 57.6 Å². The summed E-state index contributed by atoms with van der Waals surface area (Å²) in [6.45, 7) is 0.106. The third kappa shape index (κ3) is 4.20. The number of hydrogen-bond acceptors (Lipinski definition) is 6. The van der Waals surface area contributed by atoms with Crippen molar-refractivity contribution >= 4 is 23.7 Å². The van der Waals surface area contributed by atoms with Gasteiger partial charge in [-0.1, -0.05) is 43.2 Å². The number of ether oxygens (including phenoxy) is 1. The van der Waals surface area contributed by atoms with Crippen molar-refractivity contribution in [2.24, 2.45) is 35.0 Å². The lowest BCUT2D eigenvalue weighted by molar-refractivity contribution is -0.140. The fraction of sp³-hybridized carbons (Fsp3) is 0.577. The van der Waals surface area contributed by atoms with Crippen LogP contribution in [0.15, 0.2) is 30.3 Å². The maximum Gasteiger partial charge on any atom is 0.408 e. The molecule has 178 valence electrons. The molecular weight excluding hydrogens is 434 g/mol. The predicted molar refractivity (Wildman–Crippen MR) is 120 cm³/mol. The largest absolute Gasteiger partial charge is 0.445 e. The SMILES string of the molecule is N#CC1(CC(=O)[C@H](CC2CC2)NC(=O)OCc2ccccc2)C[C@H]2CC[C@@H]1[C@H]1C(=O)NC(=O)[C@@H]21. The molecule has 5 fully saturated rings. The molecule has 0 aromatic heterocycles. The van der Waals surface area contributed by atoms with Gasteiger partial charge in [-0.05, 0) is 49.0 Å². The normalized spacial score (nSPS) is 32.3. The Bertz CT molecular complexity index is 1050. The van der Waals surface area contributed by atoms with Crippen LogP contribution >= 0.6 is 0 Å². The van der Waals surface area contributed by atoms with Crippen LogP contribution < -0.4 is 10.6 Å². The lowest BCUT2D eigenvalue weighted by Gasteiger charge is -2.52. The summed E-state index contributed by atoms with van der Waals surface area (Å²) in [5, 5.41) is 15.4. The molecule has 2 bridgehead atoms. The molecule has 6 atom stereocenters. The number of rotatable bonds is 8. The summed E-state index contributed by atoms with van der Waals surface area (Å²) in [6, 6.07) is 11.0. The van der Waals surface area contributed by atoms with Crippen molar-refractivity contribution in [1.82, 2.24) is 10.6 Å². The van der Waals surface area contributed by atoms with Crippen LogP contribution in [0.2, 0.25) is 0 Å². The molecular formula is C26H29N3O5. The van der Waals surface area contributed by atoms with Gasteiger partial charge in [0.2, 0.25) is 11.8 Å². The zero-order valence-corrected chi connectivity index (χ0v) is 19.0. The molecule has 1 unspecified atom stereocenters. The minimum absolute atomic E-state index is 0.0221. The molecule has 6 rings (SSSR count).